The smallest absolute Gasteiger partial charge is 0.0464 e. The topological polar surface area (TPSA) is 3.24 Å². The second kappa shape index (κ2) is 7.97. The number of aryl methyl sites for hydroxylation is 4. The van der Waals surface area contributed by atoms with Gasteiger partial charge in [-0.2, -0.15) is 0 Å². The Kier molecular flexibility index (Phi) is 5.22. The van der Waals surface area contributed by atoms with Gasteiger partial charge in [0.25, 0.3) is 0 Å². The molecule has 29 heavy (non-hydrogen) atoms. The summed E-state index contributed by atoms with van der Waals surface area (Å²) < 4.78 is 0. The lowest BCUT2D eigenvalue weighted by Gasteiger charge is -2.27. The van der Waals surface area contributed by atoms with Crippen LogP contribution >= 0.6 is 0 Å². The highest BCUT2D eigenvalue weighted by molar-refractivity contribution is 5.80. The van der Waals surface area contributed by atoms with Crippen molar-refractivity contribution in [3.05, 3.63) is 113 Å². The van der Waals surface area contributed by atoms with Crippen molar-refractivity contribution in [1.82, 2.24) is 0 Å². The van der Waals surface area contributed by atoms with Gasteiger partial charge in [0.05, 0.1) is 0 Å². The van der Waals surface area contributed by atoms with E-state index < -0.39 is 0 Å². The number of anilines is 3. The number of nitrogens with zero attached hydrogens (tertiary/aromatic N) is 1. The van der Waals surface area contributed by atoms with Gasteiger partial charge in [0.1, 0.15) is 0 Å². The van der Waals surface area contributed by atoms with Crippen LogP contribution in [0.3, 0.4) is 0 Å². The van der Waals surface area contributed by atoms with E-state index in [1.807, 2.05) is 0 Å². The largest absolute Gasteiger partial charge is 0.310 e. The summed E-state index contributed by atoms with van der Waals surface area (Å²) in [6.07, 6.45) is 0. The van der Waals surface area contributed by atoms with Crippen LogP contribution in [0, 0.1) is 27.7 Å². The van der Waals surface area contributed by atoms with Crippen molar-refractivity contribution in [3.8, 4) is 11.1 Å². The predicted octanol–water partition coefficient (Wildman–Crippen LogP) is 8.06. The van der Waals surface area contributed by atoms with Crippen molar-refractivity contribution in [2.45, 2.75) is 27.7 Å². The molecule has 0 aliphatic heterocycles. The van der Waals surface area contributed by atoms with E-state index in [0.29, 0.717) is 0 Å². The van der Waals surface area contributed by atoms with E-state index in [2.05, 4.69) is 124 Å². The minimum atomic E-state index is 1.17. The molecular weight excluding hydrogens is 350 g/mol. The van der Waals surface area contributed by atoms with E-state index in [1.165, 1.54) is 50.4 Å². The summed E-state index contributed by atoms with van der Waals surface area (Å²) in [5, 5.41) is 0. The van der Waals surface area contributed by atoms with Gasteiger partial charge in [-0.1, -0.05) is 54.6 Å². The molecule has 144 valence electrons. The van der Waals surface area contributed by atoms with E-state index in [9.17, 15) is 0 Å². The highest BCUT2D eigenvalue weighted by atomic mass is 15.1. The second-order valence-electron chi connectivity index (χ2n) is 7.75. The number of rotatable bonds is 4. The van der Waals surface area contributed by atoms with Crippen molar-refractivity contribution in [3.63, 3.8) is 0 Å². The molecule has 0 unspecified atom stereocenters. The predicted molar refractivity (Wildman–Crippen MR) is 126 cm³/mol. The van der Waals surface area contributed by atoms with Crippen molar-refractivity contribution in [2.24, 2.45) is 0 Å². The van der Waals surface area contributed by atoms with Crippen LogP contribution in [0.1, 0.15) is 22.3 Å². The van der Waals surface area contributed by atoms with Crippen LogP contribution in [0.15, 0.2) is 91.0 Å². The van der Waals surface area contributed by atoms with Gasteiger partial charge in [0.15, 0.2) is 0 Å². The maximum Gasteiger partial charge on any atom is 0.0464 e. The molecular formula is C28H27N. The summed E-state index contributed by atoms with van der Waals surface area (Å²) in [5.41, 5.74) is 11.3. The Morgan fingerprint density at radius 2 is 1.00 bits per heavy atom. The van der Waals surface area contributed by atoms with Crippen molar-refractivity contribution in [2.75, 3.05) is 4.90 Å². The second-order valence-corrected chi connectivity index (χ2v) is 7.75. The highest BCUT2D eigenvalue weighted by Crippen LogP contribution is 2.37. The summed E-state index contributed by atoms with van der Waals surface area (Å²) in [7, 11) is 0. The van der Waals surface area contributed by atoms with Crippen LogP contribution in [0.2, 0.25) is 0 Å². The zero-order chi connectivity index (χ0) is 20.4. The molecule has 4 aromatic rings. The van der Waals surface area contributed by atoms with Gasteiger partial charge < -0.3 is 4.90 Å². The monoisotopic (exact) mass is 377 g/mol. The first-order valence-electron chi connectivity index (χ1n) is 10.1. The SMILES string of the molecule is Cc1ccc(N(c2ccccc2)c2ccc(-c3ccccc3C)c(C)c2)cc1C. The van der Waals surface area contributed by atoms with E-state index >= 15 is 0 Å². The van der Waals surface area contributed by atoms with Crippen LogP contribution in [0.5, 0.6) is 0 Å². The van der Waals surface area contributed by atoms with E-state index in [1.54, 1.807) is 0 Å². The third-order valence-corrected chi connectivity index (χ3v) is 5.67. The molecule has 0 bridgehead atoms. The van der Waals surface area contributed by atoms with Gasteiger partial charge in [0.2, 0.25) is 0 Å². The van der Waals surface area contributed by atoms with Gasteiger partial charge in [-0.3, -0.25) is 0 Å². The molecule has 0 N–H and O–H groups in total. The molecule has 0 aliphatic rings. The van der Waals surface area contributed by atoms with E-state index in [-0.39, 0.29) is 0 Å². The zero-order valence-corrected chi connectivity index (χ0v) is 17.6. The Hall–Kier alpha value is -3.32. The molecule has 0 aromatic heterocycles. The number of para-hydroxylation sites is 1. The fraction of sp³-hybridized carbons (Fsp3) is 0.143. The van der Waals surface area contributed by atoms with Crippen molar-refractivity contribution >= 4 is 17.1 Å². The quantitative estimate of drug-likeness (QED) is 0.347. The Balaban J connectivity index is 1.84. The van der Waals surface area contributed by atoms with Crippen LogP contribution in [-0.2, 0) is 0 Å². The molecule has 4 rings (SSSR count). The molecule has 1 heteroatoms. The van der Waals surface area contributed by atoms with Gasteiger partial charge in [-0.25, -0.2) is 0 Å². The summed E-state index contributed by atoms with van der Waals surface area (Å²) in [6.45, 7) is 8.71. The molecule has 0 saturated heterocycles. The summed E-state index contributed by atoms with van der Waals surface area (Å²) in [4.78, 5) is 2.33. The van der Waals surface area contributed by atoms with Crippen molar-refractivity contribution in [1.29, 1.82) is 0 Å². The summed E-state index contributed by atoms with van der Waals surface area (Å²) >= 11 is 0. The maximum absolute atomic E-state index is 2.33. The van der Waals surface area contributed by atoms with E-state index in [0.717, 1.165) is 0 Å². The molecule has 0 radical (unpaired) electrons. The minimum Gasteiger partial charge on any atom is -0.310 e. The standard InChI is InChI=1S/C28H27N/c1-20-14-15-25(18-22(20)3)29(24-11-6-5-7-12-24)26-16-17-28(23(4)19-26)27-13-9-8-10-21(27)2/h5-19H,1-4H3. The molecule has 0 aliphatic carbocycles. The number of benzene rings is 4. The van der Waals surface area contributed by atoms with Crippen LogP contribution in [0.4, 0.5) is 17.1 Å². The molecule has 0 amide bonds. The number of hydrogen-bond donors (Lipinski definition) is 0. The molecule has 0 fully saturated rings. The molecule has 0 spiro atoms. The molecule has 4 aromatic carbocycles. The zero-order valence-electron chi connectivity index (χ0n) is 17.6. The number of hydrogen-bond acceptors (Lipinski definition) is 1. The molecule has 0 heterocycles. The average Bonchev–Trinajstić information content (AvgIpc) is 2.73. The fourth-order valence-corrected chi connectivity index (χ4v) is 3.85. The minimum absolute atomic E-state index is 1.17. The molecule has 0 saturated carbocycles. The van der Waals surface area contributed by atoms with Gasteiger partial charge in [-0.05, 0) is 97.5 Å². The van der Waals surface area contributed by atoms with Crippen LogP contribution in [0.25, 0.3) is 11.1 Å². The summed E-state index contributed by atoms with van der Waals surface area (Å²) in [5.74, 6) is 0. The highest BCUT2D eigenvalue weighted by Gasteiger charge is 2.14. The molecule has 0 atom stereocenters. The van der Waals surface area contributed by atoms with Gasteiger partial charge in [-0.15, -0.1) is 0 Å². The first-order valence-corrected chi connectivity index (χ1v) is 10.1. The van der Waals surface area contributed by atoms with Crippen LogP contribution < -0.4 is 4.90 Å². The Morgan fingerprint density at radius 3 is 1.66 bits per heavy atom. The van der Waals surface area contributed by atoms with Gasteiger partial charge >= 0.3 is 0 Å². The Bertz CT molecular complexity index is 1140. The Morgan fingerprint density at radius 1 is 0.414 bits per heavy atom. The van der Waals surface area contributed by atoms with E-state index in [4.69, 9.17) is 0 Å². The lowest BCUT2D eigenvalue weighted by atomic mass is 9.96. The maximum atomic E-state index is 2.33. The average molecular weight is 378 g/mol. The normalized spacial score (nSPS) is 10.8. The first kappa shape index (κ1) is 19.0. The third-order valence-electron chi connectivity index (χ3n) is 5.67. The lowest BCUT2D eigenvalue weighted by Crippen LogP contribution is -2.10. The third kappa shape index (κ3) is 3.82. The first-order chi connectivity index (χ1) is 14.0. The fourth-order valence-electron chi connectivity index (χ4n) is 3.85. The molecule has 1 nitrogen and oxygen atoms in total. The Labute approximate surface area is 174 Å². The van der Waals surface area contributed by atoms with Gasteiger partial charge in [0, 0.05) is 17.1 Å². The lowest BCUT2D eigenvalue weighted by molar-refractivity contribution is 1.24. The van der Waals surface area contributed by atoms with Crippen LogP contribution in [-0.4, -0.2) is 0 Å². The van der Waals surface area contributed by atoms with Crippen molar-refractivity contribution < 1.29 is 0 Å². The summed E-state index contributed by atoms with van der Waals surface area (Å²) in [6, 6.07) is 32.6.